The Morgan fingerprint density at radius 1 is 1.47 bits per heavy atom. The summed E-state index contributed by atoms with van der Waals surface area (Å²) < 4.78 is 2.09. The largest absolute Gasteiger partial charge is 0.328 e. The van der Waals surface area contributed by atoms with Crippen molar-refractivity contribution in [3.63, 3.8) is 0 Å². The molecule has 2 aromatic heterocycles. The number of nitrogens with zero attached hydrogens (tertiary/aromatic N) is 2. The summed E-state index contributed by atoms with van der Waals surface area (Å²) in [5.41, 5.74) is 3.31. The molecule has 76 valence electrons. The van der Waals surface area contributed by atoms with E-state index < -0.39 is 0 Å². The van der Waals surface area contributed by atoms with Crippen molar-refractivity contribution >= 4 is 23.2 Å². The van der Waals surface area contributed by atoms with Crippen LogP contribution in [0.25, 0.3) is 23.2 Å². The zero-order valence-electron chi connectivity index (χ0n) is 9.07. The highest BCUT2D eigenvalue weighted by atomic mass is 15.0. The molecule has 0 N–H and O–H groups in total. The fourth-order valence-corrected chi connectivity index (χ4v) is 1.88. The first-order valence-electron chi connectivity index (χ1n) is 4.98. The fraction of sp³-hybridized carbons (Fsp3) is 0.154. The molecule has 0 aliphatic carbocycles. The molecule has 0 saturated carbocycles. The molecule has 2 rings (SSSR count). The maximum Gasteiger partial charge on any atom is 0.140 e. The zero-order valence-corrected chi connectivity index (χ0v) is 9.07. The number of rotatable bonds is 2. The molecule has 0 unspecified atom stereocenters. The molecule has 0 radical (unpaired) electrons. The van der Waals surface area contributed by atoms with Gasteiger partial charge in [-0.2, -0.15) is 0 Å². The summed E-state index contributed by atoms with van der Waals surface area (Å²) in [4.78, 5) is 4.37. The third-order valence-corrected chi connectivity index (χ3v) is 2.56. The molecule has 0 aliphatic heterocycles. The summed E-state index contributed by atoms with van der Waals surface area (Å²) in [7, 11) is 2.03. The molecule has 2 aromatic rings. The van der Waals surface area contributed by atoms with Crippen molar-refractivity contribution in [3.05, 3.63) is 42.2 Å². The van der Waals surface area contributed by atoms with Crippen LogP contribution in [0.5, 0.6) is 0 Å². The van der Waals surface area contributed by atoms with E-state index in [0.717, 1.165) is 22.3 Å². The topological polar surface area (TPSA) is 17.8 Å². The number of fused-ring (bicyclic) bond motifs is 1. The molecule has 2 nitrogen and oxygen atoms in total. The molecule has 15 heavy (non-hydrogen) atoms. The van der Waals surface area contributed by atoms with Crippen molar-refractivity contribution in [1.82, 2.24) is 9.55 Å². The van der Waals surface area contributed by atoms with Crippen LogP contribution in [0, 0.1) is 0 Å². The smallest absolute Gasteiger partial charge is 0.140 e. The highest BCUT2D eigenvalue weighted by Crippen LogP contribution is 2.25. The quantitative estimate of drug-likeness (QED) is 0.724. The van der Waals surface area contributed by atoms with E-state index in [1.54, 1.807) is 0 Å². The van der Waals surface area contributed by atoms with Gasteiger partial charge in [0.2, 0.25) is 0 Å². The molecule has 0 aromatic carbocycles. The molecule has 0 amide bonds. The van der Waals surface area contributed by atoms with Gasteiger partial charge in [0, 0.05) is 29.9 Å². The van der Waals surface area contributed by atoms with Crippen LogP contribution in [0.15, 0.2) is 31.0 Å². The summed E-state index contributed by atoms with van der Waals surface area (Å²) in [6.07, 6.45) is 7.81. The van der Waals surface area contributed by atoms with Gasteiger partial charge in [-0.3, -0.25) is 0 Å². The summed E-state index contributed by atoms with van der Waals surface area (Å²) in [6.45, 7) is 5.87. The Kier molecular flexibility index (Phi) is 2.42. The second kappa shape index (κ2) is 3.73. The second-order valence-corrected chi connectivity index (χ2v) is 3.44. The van der Waals surface area contributed by atoms with Crippen LogP contribution in [0.3, 0.4) is 0 Å². The standard InChI is InChI=1S/C13H14N2/c1-4-7-12-10(5-2)11-8-6-9-14-13(11)15(12)3/h4-9H,2H2,1,3H3. The van der Waals surface area contributed by atoms with E-state index in [1.807, 2.05) is 38.4 Å². The molecule has 2 heterocycles. The van der Waals surface area contributed by atoms with E-state index in [1.165, 1.54) is 0 Å². The van der Waals surface area contributed by atoms with Crippen molar-refractivity contribution in [3.8, 4) is 0 Å². The summed E-state index contributed by atoms with van der Waals surface area (Å²) in [6, 6.07) is 4.03. The van der Waals surface area contributed by atoms with Gasteiger partial charge in [0.25, 0.3) is 0 Å². The van der Waals surface area contributed by atoms with Crippen LogP contribution in [-0.2, 0) is 7.05 Å². The van der Waals surface area contributed by atoms with Crippen LogP contribution in [-0.4, -0.2) is 9.55 Å². The van der Waals surface area contributed by atoms with Gasteiger partial charge in [0.05, 0.1) is 0 Å². The van der Waals surface area contributed by atoms with Crippen LogP contribution in [0.2, 0.25) is 0 Å². The molecular weight excluding hydrogens is 184 g/mol. The maximum absolute atomic E-state index is 4.37. The van der Waals surface area contributed by atoms with E-state index in [9.17, 15) is 0 Å². The van der Waals surface area contributed by atoms with Crippen LogP contribution in [0.4, 0.5) is 0 Å². The minimum atomic E-state index is 1.00. The van der Waals surface area contributed by atoms with Gasteiger partial charge in [-0.25, -0.2) is 4.98 Å². The van der Waals surface area contributed by atoms with Crippen molar-refractivity contribution in [1.29, 1.82) is 0 Å². The van der Waals surface area contributed by atoms with Crippen molar-refractivity contribution in [2.24, 2.45) is 7.05 Å². The normalized spacial score (nSPS) is 11.3. The number of hydrogen-bond donors (Lipinski definition) is 0. The Hall–Kier alpha value is -1.83. The maximum atomic E-state index is 4.37. The van der Waals surface area contributed by atoms with Gasteiger partial charge in [-0.15, -0.1) is 0 Å². The molecular formula is C13H14N2. The van der Waals surface area contributed by atoms with Crippen LogP contribution < -0.4 is 0 Å². The number of hydrogen-bond acceptors (Lipinski definition) is 1. The number of allylic oxidation sites excluding steroid dienone is 1. The van der Waals surface area contributed by atoms with Gasteiger partial charge >= 0.3 is 0 Å². The van der Waals surface area contributed by atoms with Crippen molar-refractivity contribution < 1.29 is 0 Å². The van der Waals surface area contributed by atoms with Gasteiger partial charge in [-0.1, -0.05) is 18.7 Å². The summed E-state index contributed by atoms with van der Waals surface area (Å²) >= 11 is 0. The van der Waals surface area contributed by atoms with Gasteiger partial charge in [0.1, 0.15) is 5.65 Å². The zero-order chi connectivity index (χ0) is 10.8. The van der Waals surface area contributed by atoms with E-state index in [4.69, 9.17) is 0 Å². The average Bonchev–Trinajstić information content (AvgIpc) is 2.54. The molecule has 0 fully saturated rings. The lowest BCUT2D eigenvalue weighted by Crippen LogP contribution is -1.92. The van der Waals surface area contributed by atoms with E-state index in [-0.39, 0.29) is 0 Å². The van der Waals surface area contributed by atoms with Gasteiger partial charge < -0.3 is 4.57 Å². The average molecular weight is 198 g/mol. The fourth-order valence-electron chi connectivity index (χ4n) is 1.88. The van der Waals surface area contributed by atoms with E-state index >= 15 is 0 Å². The molecule has 0 atom stereocenters. The first-order valence-corrected chi connectivity index (χ1v) is 4.98. The lowest BCUT2D eigenvalue weighted by Gasteiger charge is -1.98. The first-order chi connectivity index (χ1) is 7.29. The minimum absolute atomic E-state index is 1.00. The SMILES string of the molecule is C=Cc1c(C=CC)n(C)c2ncccc12. The van der Waals surface area contributed by atoms with E-state index in [2.05, 4.69) is 28.3 Å². The summed E-state index contributed by atoms with van der Waals surface area (Å²) in [5.74, 6) is 0. The molecule has 2 heteroatoms. The summed E-state index contributed by atoms with van der Waals surface area (Å²) in [5, 5.41) is 1.16. The predicted octanol–water partition coefficient (Wildman–Crippen LogP) is 3.25. The Balaban J connectivity index is 2.89. The second-order valence-electron chi connectivity index (χ2n) is 3.44. The Morgan fingerprint density at radius 2 is 2.27 bits per heavy atom. The lowest BCUT2D eigenvalue weighted by atomic mass is 10.1. The lowest BCUT2D eigenvalue weighted by molar-refractivity contribution is 0.934. The van der Waals surface area contributed by atoms with Crippen LogP contribution in [0.1, 0.15) is 18.2 Å². The highest BCUT2D eigenvalue weighted by molar-refractivity contribution is 5.91. The number of aryl methyl sites for hydroxylation is 1. The third-order valence-electron chi connectivity index (χ3n) is 2.56. The predicted molar refractivity (Wildman–Crippen MR) is 65.5 cm³/mol. The first kappa shape index (κ1) is 9.71. The monoisotopic (exact) mass is 198 g/mol. The Labute approximate surface area is 89.6 Å². The minimum Gasteiger partial charge on any atom is -0.328 e. The number of aromatic nitrogens is 2. The van der Waals surface area contributed by atoms with Crippen LogP contribution >= 0.6 is 0 Å². The van der Waals surface area contributed by atoms with Gasteiger partial charge in [0.15, 0.2) is 0 Å². The molecule has 0 bridgehead atoms. The Morgan fingerprint density at radius 3 is 2.93 bits per heavy atom. The van der Waals surface area contributed by atoms with Crippen molar-refractivity contribution in [2.75, 3.05) is 0 Å². The van der Waals surface area contributed by atoms with Gasteiger partial charge in [-0.05, 0) is 25.1 Å². The molecule has 0 spiro atoms. The van der Waals surface area contributed by atoms with Crippen molar-refractivity contribution in [2.45, 2.75) is 6.92 Å². The third kappa shape index (κ3) is 1.38. The molecule has 0 aliphatic rings. The Bertz CT molecular complexity index is 533. The highest BCUT2D eigenvalue weighted by Gasteiger charge is 2.10. The molecule has 0 saturated heterocycles. The van der Waals surface area contributed by atoms with E-state index in [0.29, 0.717) is 0 Å². The number of pyridine rings is 1.